The van der Waals surface area contributed by atoms with Crippen LogP contribution in [0.4, 0.5) is 4.79 Å². The van der Waals surface area contributed by atoms with E-state index >= 15 is 0 Å². The number of amides is 2. The van der Waals surface area contributed by atoms with Crippen LogP contribution < -0.4 is 5.73 Å². The normalized spacial score (nSPS) is 20.2. The second-order valence-corrected chi connectivity index (χ2v) is 6.50. The summed E-state index contributed by atoms with van der Waals surface area (Å²) in [5.41, 5.74) is 5.23. The molecule has 0 radical (unpaired) electrons. The molecule has 0 aliphatic carbocycles. The third-order valence-corrected chi connectivity index (χ3v) is 3.18. The Balaban J connectivity index is 2.68. The van der Waals surface area contributed by atoms with Crippen LogP contribution >= 0.6 is 0 Å². The van der Waals surface area contributed by atoms with Crippen molar-refractivity contribution in [2.24, 2.45) is 11.7 Å². The largest absolute Gasteiger partial charge is 0.444 e. The van der Waals surface area contributed by atoms with E-state index in [-0.39, 0.29) is 24.0 Å². The Bertz CT molecular complexity index is 363. The molecule has 6 heteroatoms. The average molecular weight is 285 g/mol. The van der Waals surface area contributed by atoms with Gasteiger partial charge in [0.1, 0.15) is 5.60 Å². The highest BCUT2D eigenvalue weighted by atomic mass is 16.6. The Morgan fingerprint density at radius 1 is 1.30 bits per heavy atom. The quantitative estimate of drug-likeness (QED) is 0.823. The smallest absolute Gasteiger partial charge is 0.410 e. The first-order valence-corrected chi connectivity index (χ1v) is 7.14. The van der Waals surface area contributed by atoms with E-state index in [1.165, 1.54) is 0 Å². The standard InChI is InChI=1S/C14H27N3O3/c1-10(2)12(18)17-7-6-16(9-11(17)8-15)13(19)20-14(3,4)5/h10-11H,6-9,15H2,1-5H3. The van der Waals surface area contributed by atoms with Crippen molar-refractivity contribution >= 4 is 12.0 Å². The van der Waals surface area contributed by atoms with Gasteiger partial charge in [0.05, 0.1) is 6.04 Å². The second-order valence-electron chi connectivity index (χ2n) is 6.50. The zero-order chi connectivity index (χ0) is 15.5. The topological polar surface area (TPSA) is 75.9 Å². The summed E-state index contributed by atoms with van der Waals surface area (Å²) in [5, 5.41) is 0. The van der Waals surface area contributed by atoms with Crippen molar-refractivity contribution in [3.05, 3.63) is 0 Å². The number of nitrogens with zero attached hydrogens (tertiary/aromatic N) is 2. The van der Waals surface area contributed by atoms with Gasteiger partial charge in [0.25, 0.3) is 0 Å². The number of hydrogen-bond donors (Lipinski definition) is 1. The number of carbonyl (C=O) groups is 2. The molecule has 1 atom stereocenters. The molecule has 0 spiro atoms. The van der Waals surface area contributed by atoms with E-state index in [0.29, 0.717) is 26.2 Å². The van der Waals surface area contributed by atoms with Crippen molar-refractivity contribution in [3.63, 3.8) is 0 Å². The molecule has 1 saturated heterocycles. The van der Waals surface area contributed by atoms with Crippen molar-refractivity contribution in [2.75, 3.05) is 26.2 Å². The molecule has 1 unspecified atom stereocenters. The molecule has 20 heavy (non-hydrogen) atoms. The Labute approximate surface area is 121 Å². The fourth-order valence-corrected chi connectivity index (χ4v) is 2.17. The first kappa shape index (κ1) is 16.8. The molecular formula is C14H27N3O3. The molecule has 0 aromatic heterocycles. The maximum absolute atomic E-state index is 12.1. The highest BCUT2D eigenvalue weighted by Crippen LogP contribution is 2.16. The Morgan fingerprint density at radius 2 is 1.90 bits per heavy atom. The van der Waals surface area contributed by atoms with Crippen molar-refractivity contribution in [1.29, 1.82) is 0 Å². The number of piperazine rings is 1. The minimum atomic E-state index is -0.514. The predicted octanol–water partition coefficient (Wildman–Crippen LogP) is 1.05. The number of nitrogens with two attached hydrogens (primary N) is 1. The molecule has 0 aromatic carbocycles. The molecule has 2 amide bonds. The molecule has 2 N–H and O–H groups in total. The van der Waals surface area contributed by atoms with Crippen LogP contribution in [0.25, 0.3) is 0 Å². The van der Waals surface area contributed by atoms with Gasteiger partial charge in [-0.1, -0.05) is 13.8 Å². The van der Waals surface area contributed by atoms with Gasteiger partial charge in [0.2, 0.25) is 5.91 Å². The van der Waals surface area contributed by atoms with Crippen LogP contribution in [0, 0.1) is 5.92 Å². The van der Waals surface area contributed by atoms with E-state index in [9.17, 15) is 9.59 Å². The van der Waals surface area contributed by atoms with Gasteiger partial charge in [-0.2, -0.15) is 0 Å². The molecular weight excluding hydrogens is 258 g/mol. The average Bonchev–Trinajstić information content (AvgIpc) is 2.34. The maximum atomic E-state index is 12.1. The highest BCUT2D eigenvalue weighted by Gasteiger charge is 2.34. The van der Waals surface area contributed by atoms with E-state index in [4.69, 9.17) is 10.5 Å². The van der Waals surface area contributed by atoms with Crippen molar-refractivity contribution in [3.8, 4) is 0 Å². The number of rotatable bonds is 2. The van der Waals surface area contributed by atoms with Gasteiger partial charge in [0, 0.05) is 32.1 Å². The van der Waals surface area contributed by atoms with Gasteiger partial charge in [-0.25, -0.2) is 4.79 Å². The summed E-state index contributed by atoms with van der Waals surface area (Å²) in [5.74, 6) is 0.0291. The molecule has 6 nitrogen and oxygen atoms in total. The number of carbonyl (C=O) groups excluding carboxylic acids is 2. The van der Waals surface area contributed by atoms with Crippen LogP contribution in [-0.4, -0.2) is 59.6 Å². The van der Waals surface area contributed by atoms with Crippen LogP contribution in [0.15, 0.2) is 0 Å². The van der Waals surface area contributed by atoms with Crippen LogP contribution in [0.2, 0.25) is 0 Å². The maximum Gasteiger partial charge on any atom is 0.410 e. The molecule has 1 heterocycles. The zero-order valence-corrected chi connectivity index (χ0v) is 13.2. The molecule has 116 valence electrons. The summed E-state index contributed by atoms with van der Waals surface area (Å²) in [6.07, 6.45) is -0.340. The molecule has 0 saturated carbocycles. The minimum Gasteiger partial charge on any atom is -0.444 e. The summed E-state index contributed by atoms with van der Waals surface area (Å²) >= 11 is 0. The summed E-state index contributed by atoms with van der Waals surface area (Å²) in [6.45, 7) is 11.0. The lowest BCUT2D eigenvalue weighted by molar-refractivity contribution is -0.139. The summed E-state index contributed by atoms with van der Waals surface area (Å²) < 4.78 is 5.36. The van der Waals surface area contributed by atoms with Crippen LogP contribution in [0.5, 0.6) is 0 Å². The molecule has 0 aromatic rings. The van der Waals surface area contributed by atoms with Crippen LogP contribution in [-0.2, 0) is 9.53 Å². The highest BCUT2D eigenvalue weighted by molar-refractivity contribution is 5.79. The third kappa shape index (κ3) is 4.37. The third-order valence-electron chi connectivity index (χ3n) is 3.18. The van der Waals surface area contributed by atoms with Crippen molar-refractivity contribution < 1.29 is 14.3 Å². The lowest BCUT2D eigenvalue weighted by atomic mass is 10.1. The van der Waals surface area contributed by atoms with E-state index in [0.717, 1.165) is 0 Å². The van der Waals surface area contributed by atoms with Crippen molar-refractivity contribution in [1.82, 2.24) is 9.80 Å². The van der Waals surface area contributed by atoms with E-state index in [1.54, 1.807) is 9.80 Å². The monoisotopic (exact) mass is 285 g/mol. The summed E-state index contributed by atoms with van der Waals surface area (Å²) in [6, 6.07) is -0.133. The Morgan fingerprint density at radius 3 is 2.35 bits per heavy atom. The first-order valence-electron chi connectivity index (χ1n) is 7.14. The van der Waals surface area contributed by atoms with Crippen LogP contribution in [0.1, 0.15) is 34.6 Å². The van der Waals surface area contributed by atoms with E-state index in [1.807, 2.05) is 34.6 Å². The van der Waals surface area contributed by atoms with Gasteiger partial charge in [-0.15, -0.1) is 0 Å². The lowest BCUT2D eigenvalue weighted by Crippen LogP contribution is -2.60. The number of hydrogen-bond acceptors (Lipinski definition) is 4. The van der Waals surface area contributed by atoms with Gasteiger partial charge < -0.3 is 20.3 Å². The van der Waals surface area contributed by atoms with Crippen LogP contribution in [0.3, 0.4) is 0 Å². The Kier molecular flexibility index (Phi) is 5.39. The van der Waals surface area contributed by atoms with E-state index in [2.05, 4.69) is 0 Å². The SMILES string of the molecule is CC(C)C(=O)N1CCN(C(=O)OC(C)(C)C)CC1CN. The molecule has 1 rings (SSSR count). The van der Waals surface area contributed by atoms with Gasteiger partial charge in [0.15, 0.2) is 0 Å². The Hall–Kier alpha value is -1.30. The summed E-state index contributed by atoms with van der Waals surface area (Å²) in [7, 11) is 0. The fraction of sp³-hybridized carbons (Fsp3) is 0.857. The van der Waals surface area contributed by atoms with E-state index < -0.39 is 5.60 Å². The molecule has 1 fully saturated rings. The first-order chi connectivity index (χ1) is 9.15. The van der Waals surface area contributed by atoms with Crippen molar-refractivity contribution in [2.45, 2.75) is 46.3 Å². The molecule has 0 bridgehead atoms. The molecule has 1 aliphatic rings. The minimum absolute atomic E-state index is 0.0582. The van der Waals surface area contributed by atoms with Gasteiger partial charge in [-0.05, 0) is 20.8 Å². The van der Waals surface area contributed by atoms with Gasteiger partial charge in [-0.3, -0.25) is 4.79 Å². The lowest BCUT2D eigenvalue weighted by Gasteiger charge is -2.41. The fourth-order valence-electron chi connectivity index (χ4n) is 2.17. The number of ether oxygens (including phenoxy) is 1. The second kappa shape index (κ2) is 6.43. The van der Waals surface area contributed by atoms with Gasteiger partial charge >= 0.3 is 6.09 Å². The summed E-state index contributed by atoms with van der Waals surface area (Å²) in [4.78, 5) is 27.6. The predicted molar refractivity (Wildman–Crippen MR) is 77.2 cm³/mol. The molecule has 1 aliphatic heterocycles. The zero-order valence-electron chi connectivity index (χ0n) is 13.2.